The van der Waals surface area contributed by atoms with E-state index in [-0.39, 0.29) is 33.9 Å². The summed E-state index contributed by atoms with van der Waals surface area (Å²) in [5.74, 6) is -2.25. The molecule has 1 saturated heterocycles. The maximum Gasteiger partial charge on any atom is 0.329 e. The van der Waals surface area contributed by atoms with E-state index in [1.807, 2.05) is 0 Å². The lowest BCUT2D eigenvalue weighted by molar-refractivity contribution is -0.140. The predicted octanol–water partition coefficient (Wildman–Crippen LogP) is 3.69. The average Bonchev–Trinajstić information content (AvgIpc) is 2.89. The van der Waals surface area contributed by atoms with Gasteiger partial charge >= 0.3 is 12.0 Å². The van der Waals surface area contributed by atoms with Crippen LogP contribution in [0.25, 0.3) is 6.08 Å². The fraction of sp³-hybridized carbons (Fsp3) is 0.105. The lowest BCUT2D eigenvalue weighted by Gasteiger charge is -2.11. The molecule has 0 aliphatic carbocycles. The minimum Gasteiger partial charge on any atom is -0.486 e. The van der Waals surface area contributed by atoms with Crippen LogP contribution in [0.15, 0.2) is 42.1 Å². The van der Waals surface area contributed by atoms with Crippen LogP contribution >= 0.6 is 23.2 Å². The Morgan fingerprint density at radius 2 is 1.79 bits per heavy atom. The second-order valence-electron chi connectivity index (χ2n) is 6.00. The largest absolute Gasteiger partial charge is 0.486 e. The van der Waals surface area contributed by atoms with E-state index in [4.69, 9.17) is 33.0 Å². The molecule has 3 amide bonds. The van der Waals surface area contributed by atoms with Crippen LogP contribution in [0.2, 0.25) is 10.0 Å². The summed E-state index contributed by atoms with van der Waals surface area (Å²) in [5, 5.41) is 11.4. The number of carbonyl (C=O) groups excluding carboxylic acids is 2. The molecule has 1 fully saturated rings. The summed E-state index contributed by atoms with van der Waals surface area (Å²) in [7, 11) is 0. The first-order chi connectivity index (χ1) is 13.7. The van der Waals surface area contributed by atoms with E-state index < -0.39 is 24.5 Å². The molecule has 2 aromatic rings. The molecule has 0 spiro atoms. The number of nitrogens with one attached hydrogen (secondary N) is 1. The molecule has 1 heterocycles. The first-order valence-corrected chi connectivity index (χ1v) is 8.93. The third-order valence-electron chi connectivity index (χ3n) is 3.88. The smallest absolute Gasteiger partial charge is 0.329 e. The number of carbonyl (C=O) groups is 3. The summed E-state index contributed by atoms with van der Waals surface area (Å²) in [5.41, 5.74) is 1.00. The van der Waals surface area contributed by atoms with Crippen LogP contribution in [0.4, 0.5) is 9.18 Å². The number of rotatable bonds is 6. The van der Waals surface area contributed by atoms with Gasteiger partial charge in [-0.3, -0.25) is 9.59 Å². The Labute approximate surface area is 174 Å². The van der Waals surface area contributed by atoms with Gasteiger partial charge in [-0.25, -0.2) is 14.1 Å². The van der Waals surface area contributed by atoms with Gasteiger partial charge in [-0.05, 0) is 41.5 Å². The van der Waals surface area contributed by atoms with Crippen LogP contribution in [0.3, 0.4) is 0 Å². The van der Waals surface area contributed by atoms with Crippen molar-refractivity contribution in [2.45, 2.75) is 6.61 Å². The van der Waals surface area contributed by atoms with Crippen molar-refractivity contribution in [1.82, 2.24) is 10.2 Å². The second kappa shape index (κ2) is 8.50. The molecular formula is C19H13Cl2FN2O5. The van der Waals surface area contributed by atoms with E-state index >= 15 is 0 Å². The second-order valence-corrected chi connectivity index (χ2v) is 6.82. The molecule has 0 bridgehead atoms. The number of hydrogen-bond donors (Lipinski definition) is 2. The van der Waals surface area contributed by atoms with Gasteiger partial charge in [0, 0.05) is 0 Å². The van der Waals surface area contributed by atoms with Crippen molar-refractivity contribution >= 4 is 47.2 Å². The Balaban J connectivity index is 1.77. The van der Waals surface area contributed by atoms with Gasteiger partial charge < -0.3 is 15.2 Å². The van der Waals surface area contributed by atoms with Gasteiger partial charge in [0.2, 0.25) is 0 Å². The predicted molar refractivity (Wildman–Crippen MR) is 103 cm³/mol. The highest BCUT2D eigenvalue weighted by atomic mass is 35.5. The fourth-order valence-corrected chi connectivity index (χ4v) is 3.17. The Bertz CT molecular complexity index is 1000. The summed E-state index contributed by atoms with van der Waals surface area (Å²) in [6.45, 7) is -0.640. The first-order valence-electron chi connectivity index (χ1n) is 8.17. The Morgan fingerprint density at radius 1 is 1.17 bits per heavy atom. The van der Waals surface area contributed by atoms with Gasteiger partial charge in [0.05, 0.1) is 10.0 Å². The third-order valence-corrected chi connectivity index (χ3v) is 4.45. The number of amides is 3. The van der Waals surface area contributed by atoms with E-state index in [1.165, 1.54) is 30.3 Å². The van der Waals surface area contributed by atoms with Gasteiger partial charge in [-0.15, -0.1) is 0 Å². The number of carboxylic acids is 1. The zero-order valence-electron chi connectivity index (χ0n) is 14.6. The average molecular weight is 439 g/mol. The molecule has 7 nitrogen and oxygen atoms in total. The van der Waals surface area contributed by atoms with E-state index in [9.17, 15) is 18.8 Å². The number of ether oxygens (including phenoxy) is 1. The van der Waals surface area contributed by atoms with Gasteiger partial charge in [0.15, 0.2) is 5.75 Å². The molecule has 3 rings (SSSR count). The molecule has 0 unspecified atom stereocenters. The maximum absolute atomic E-state index is 13.0. The first kappa shape index (κ1) is 20.6. The van der Waals surface area contributed by atoms with Crippen LogP contribution in [0.5, 0.6) is 5.75 Å². The van der Waals surface area contributed by atoms with Crippen molar-refractivity contribution in [1.29, 1.82) is 0 Å². The number of aliphatic carboxylic acids is 1. The molecule has 150 valence electrons. The van der Waals surface area contributed by atoms with Crippen LogP contribution in [-0.2, 0) is 16.2 Å². The SMILES string of the molecule is O=C(O)CN1C(=O)N/C(=C/c2cc(Cl)c(OCc3ccc(F)cc3)c(Cl)c2)C1=O. The van der Waals surface area contributed by atoms with E-state index in [2.05, 4.69) is 5.32 Å². The number of hydrogen-bond acceptors (Lipinski definition) is 4. The molecule has 0 radical (unpaired) electrons. The van der Waals surface area contributed by atoms with Crippen LogP contribution in [0, 0.1) is 5.82 Å². The summed E-state index contributed by atoms with van der Waals surface area (Å²) < 4.78 is 18.6. The molecule has 1 aliphatic heterocycles. The van der Waals surface area contributed by atoms with Gasteiger partial charge in [-0.2, -0.15) is 0 Å². The standard InChI is InChI=1S/C19H13Cl2FN2O5/c20-13-5-11(7-15-18(27)24(8-16(25)26)19(28)23-15)6-14(21)17(13)29-9-10-1-3-12(22)4-2-10/h1-7H,8-9H2,(H,23,28)(H,25,26)/b15-7+. The third kappa shape index (κ3) is 4.85. The van der Waals surface area contributed by atoms with Crippen LogP contribution in [0.1, 0.15) is 11.1 Å². The number of nitrogens with zero attached hydrogens (tertiary/aromatic N) is 1. The molecule has 0 aromatic heterocycles. The normalized spacial score (nSPS) is 15.0. The Morgan fingerprint density at radius 3 is 2.38 bits per heavy atom. The van der Waals surface area contributed by atoms with Crippen molar-refractivity contribution < 1.29 is 28.6 Å². The molecular weight excluding hydrogens is 426 g/mol. The Kier molecular flexibility index (Phi) is 6.05. The highest BCUT2D eigenvalue weighted by Crippen LogP contribution is 2.35. The van der Waals surface area contributed by atoms with Crippen molar-refractivity contribution in [3.05, 3.63) is 69.1 Å². The van der Waals surface area contributed by atoms with Crippen molar-refractivity contribution in [3.8, 4) is 5.75 Å². The molecule has 10 heteroatoms. The van der Waals surface area contributed by atoms with Crippen LogP contribution in [-0.4, -0.2) is 34.5 Å². The number of urea groups is 1. The number of imide groups is 1. The summed E-state index contributed by atoms with van der Waals surface area (Å²) >= 11 is 12.4. The number of carboxylic acid groups (broad SMARTS) is 1. The fourth-order valence-electron chi connectivity index (χ4n) is 2.55. The highest BCUT2D eigenvalue weighted by Gasteiger charge is 2.34. The summed E-state index contributed by atoms with van der Waals surface area (Å²) in [4.78, 5) is 35.2. The molecule has 0 atom stereocenters. The maximum atomic E-state index is 13.0. The lowest BCUT2D eigenvalue weighted by atomic mass is 10.1. The van der Waals surface area contributed by atoms with Gasteiger partial charge in [0.1, 0.15) is 24.7 Å². The van der Waals surface area contributed by atoms with Gasteiger partial charge in [-0.1, -0.05) is 35.3 Å². The minimum absolute atomic E-state index is 0.108. The molecule has 29 heavy (non-hydrogen) atoms. The lowest BCUT2D eigenvalue weighted by Crippen LogP contribution is -2.35. The van der Waals surface area contributed by atoms with Crippen molar-refractivity contribution in [2.24, 2.45) is 0 Å². The summed E-state index contributed by atoms with van der Waals surface area (Å²) in [6, 6.07) is 7.84. The monoisotopic (exact) mass is 438 g/mol. The topological polar surface area (TPSA) is 95.9 Å². The zero-order chi connectivity index (χ0) is 21.1. The van der Waals surface area contributed by atoms with Crippen molar-refractivity contribution in [3.63, 3.8) is 0 Å². The van der Waals surface area contributed by atoms with Crippen molar-refractivity contribution in [2.75, 3.05) is 6.54 Å². The highest BCUT2D eigenvalue weighted by molar-refractivity contribution is 6.37. The quantitative estimate of drug-likeness (QED) is 0.529. The zero-order valence-corrected chi connectivity index (χ0v) is 16.1. The molecule has 2 aromatic carbocycles. The number of benzene rings is 2. The summed E-state index contributed by atoms with van der Waals surface area (Å²) in [6.07, 6.45) is 1.32. The van der Waals surface area contributed by atoms with E-state index in [1.54, 1.807) is 12.1 Å². The van der Waals surface area contributed by atoms with Gasteiger partial charge in [0.25, 0.3) is 5.91 Å². The molecule has 1 aliphatic rings. The molecule has 2 N–H and O–H groups in total. The Hall–Kier alpha value is -3.10. The minimum atomic E-state index is -1.32. The van der Waals surface area contributed by atoms with E-state index in [0.29, 0.717) is 16.0 Å². The number of halogens is 3. The molecule has 0 saturated carbocycles. The van der Waals surface area contributed by atoms with Crippen LogP contribution < -0.4 is 10.1 Å². The van der Waals surface area contributed by atoms with E-state index in [0.717, 1.165) is 0 Å².